The minimum absolute atomic E-state index is 0.0130. The zero-order chi connectivity index (χ0) is 19.1. The lowest BCUT2D eigenvalue weighted by Gasteiger charge is -2.27. The van der Waals surface area contributed by atoms with Crippen molar-refractivity contribution in [2.45, 2.75) is 66.2 Å². The Balaban J connectivity index is 1.84. The summed E-state index contributed by atoms with van der Waals surface area (Å²) < 4.78 is 0. The highest BCUT2D eigenvalue weighted by Gasteiger charge is 2.30. The topological polar surface area (TPSA) is 58.2 Å². The van der Waals surface area contributed by atoms with Crippen molar-refractivity contribution < 1.29 is 9.59 Å². The number of para-hydroxylation sites is 1. The molecule has 4 nitrogen and oxygen atoms in total. The zero-order valence-electron chi connectivity index (χ0n) is 16.7. The van der Waals surface area contributed by atoms with Gasteiger partial charge >= 0.3 is 0 Å². The van der Waals surface area contributed by atoms with Crippen LogP contribution in [0.15, 0.2) is 18.2 Å². The number of carbonyl (C=O) groups is 2. The average Bonchev–Trinajstić information content (AvgIpc) is 2.63. The molecule has 0 radical (unpaired) electrons. The van der Waals surface area contributed by atoms with Crippen LogP contribution >= 0.6 is 0 Å². The molecule has 0 heterocycles. The molecule has 1 saturated carbocycles. The van der Waals surface area contributed by atoms with Gasteiger partial charge in [0, 0.05) is 24.1 Å². The van der Waals surface area contributed by atoms with Crippen LogP contribution in [0, 0.1) is 24.7 Å². The molecule has 1 aromatic carbocycles. The van der Waals surface area contributed by atoms with Crippen molar-refractivity contribution in [3.05, 3.63) is 29.3 Å². The van der Waals surface area contributed by atoms with E-state index in [1.165, 1.54) is 5.56 Å². The number of nitrogens with one attached hydrogen (secondary N) is 2. The fraction of sp³-hybridized carbons (Fsp3) is 0.636. The Kier molecular flexibility index (Phi) is 7.67. The first-order valence-electron chi connectivity index (χ1n) is 10.1. The van der Waals surface area contributed by atoms with Crippen molar-refractivity contribution in [1.29, 1.82) is 0 Å². The summed E-state index contributed by atoms with van der Waals surface area (Å²) in [7, 11) is 0. The fourth-order valence-corrected chi connectivity index (χ4v) is 3.67. The molecule has 0 unspecified atom stereocenters. The number of amides is 2. The van der Waals surface area contributed by atoms with Crippen molar-refractivity contribution in [3.63, 3.8) is 0 Å². The standard InChI is InChI=1S/C22H34N2O2/c1-5-17-8-6-7-16(4)20(17)24-22(26)19-11-9-18(10-12-19)21(25)23-14-13-15(2)3/h6-8,15,18-19H,5,9-14H2,1-4H3,(H,23,25)(H,24,26). The normalized spacial score (nSPS) is 20.0. The van der Waals surface area contributed by atoms with E-state index in [1.807, 2.05) is 19.1 Å². The Morgan fingerprint density at radius 2 is 1.69 bits per heavy atom. The number of hydrogen-bond donors (Lipinski definition) is 2. The number of anilines is 1. The molecule has 0 aliphatic heterocycles. The average molecular weight is 359 g/mol. The van der Waals surface area contributed by atoms with Gasteiger partial charge in [-0.05, 0) is 62.5 Å². The van der Waals surface area contributed by atoms with Gasteiger partial charge in [-0.15, -0.1) is 0 Å². The van der Waals surface area contributed by atoms with Gasteiger partial charge in [-0.2, -0.15) is 0 Å². The van der Waals surface area contributed by atoms with Crippen LogP contribution in [0.25, 0.3) is 0 Å². The van der Waals surface area contributed by atoms with Crippen LogP contribution in [-0.2, 0) is 16.0 Å². The van der Waals surface area contributed by atoms with Gasteiger partial charge in [0.15, 0.2) is 0 Å². The van der Waals surface area contributed by atoms with Crippen LogP contribution in [0.5, 0.6) is 0 Å². The lowest BCUT2D eigenvalue weighted by Crippen LogP contribution is -2.36. The lowest BCUT2D eigenvalue weighted by atomic mass is 9.81. The van der Waals surface area contributed by atoms with Gasteiger partial charge < -0.3 is 10.6 Å². The molecule has 0 aromatic heterocycles. The summed E-state index contributed by atoms with van der Waals surface area (Å²) in [5, 5.41) is 6.20. The molecule has 1 aromatic rings. The summed E-state index contributed by atoms with van der Waals surface area (Å²) in [6, 6.07) is 6.14. The Labute approximate surface area is 158 Å². The summed E-state index contributed by atoms with van der Waals surface area (Å²) in [5.74, 6) is 0.948. The molecule has 0 saturated heterocycles. The van der Waals surface area contributed by atoms with Crippen LogP contribution in [0.4, 0.5) is 5.69 Å². The second-order valence-corrected chi connectivity index (χ2v) is 7.97. The lowest BCUT2D eigenvalue weighted by molar-refractivity contribution is -0.128. The predicted molar refractivity (Wildman–Crippen MR) is 107 cm³/mol. The number of carbonyl (C=O) groups excluding carboxylic acids is 2. The number of aryl methyl sites for hydroxylation is 2. The molecule has 144 valence electrons. The van der Waals surface area contributed by atoms with Crippen LogP contribution in [0.2, 0.25) is 0 Å². The van der Waals surface area contributed by atoms with E-state index in [2.05, 4.69) is 37.5 Å². The maximum atomic E-state index is 12.7. The molecule has 1 fully saturated rings. The summed E-state index contributed by atoms with van der Waals surface area (Å²) >= 11 is 0. The van der Waals surface area contributed by atoms with Gasteiger partial charge in [0.1, 0.15) is 0 Å². The van der Waals surface area contributed by atoms with E-state index >= 15 is 0 Å². The summed E-state index contributed by atoms with van der Waals surface area (Å²) in [6.45, 7) is 9.22. The fourth-order valence-electron chi connectivity index (χ4n) is 3.67. The maximum absolute atomic E-state index is 12.7. The minimum atomic E-state index is 0.0130. The molecular weight excluding hydrogens is 324 g/mol. The highest BCUT2D eigenvalue weighted by atomic mass is 16.2. The molecule has 1 aliphatic rings. The van der Waals surface area contributed by atoms with E-state index in [4.69, 9.17) is 0 Å². The van der Waals surface area contributed by atoms with E-state index in [1.54, 1.807) is 0 Å². The van der Waals surface area contributed by atoms with E-state index in [0.717, 1.165) is 56.3 Å². The van der Waals surface area contributed by atoms with E-state index in [9.17, 15) is 9.59 Å². The SMILES string of the molecule is CCc1cccc(C)c1NC(=O)C1CCC(C(=O)NCCC(C)C)CC1. The molecule has 26 heavy (non-hydrogen) atoms. The molecule has 2 amide bonds. The number of benzene rings is 1. The smallest absolute Gasteiger partial charge is 0.227 e. The van der Waals surface area contributed by atoms with Crippen LogP contribution in [0.3, 0.4) is 0 Å². The molecule has 0 atom stereocenters. The Hall–Kier alpha value is -1.84. The summed E-state index contributed by atoms with van der Waals surface area (Å²) in [4.78, 5) is 25.0. The van der Waals surface area contributed by atoms with Gasteiger partial charge in [0.05, 0.1) is 0 Å². The van der Waals surface area contributed by atoms with Gasteiger partial charge in [-0.1, -0.05) is 39.0 Å². The van der Waals surface area contributed by atoms with E-state index < -0.39 is 0 Å². The molecule has 2 rings (SSSR count). The van der Waals surface area contributed by atoms with Crippen molar-refractivity contribution in [3.8, 4) is 0 Å². The third-order valence-corrected chi connectivity index (χ3v) is 5.48. The van der Waals surface area contributed by atoms with Gasteiger partial charge in [0.25, 0.3) is 0 Å². The van der Waals surface area contributed by atoms with Gasteiger partial charge in [-0.25, -0.2) is 0 Å². The van der Waals surface area contributed by atoms with Gasteiger partial charge in [-0.3, -0.25) is 9.59 Å². The first-order chi connectivity index (χ1) is 12.4. The molecule has 0 spiro atoms. The molecular formula is C22H34N2O2. The summed E-state index contributed by atoms with van der Waals surface area (Å²) in [5.41, 5.74) is 3.25. The second kappa shape index (κ2) is 9.75. The molecule has 4 heteroatoms. The Morgan fingerprint density at radius 3 is 2.27 bits per heavy atom. The first kappa shape index (κ1) is 20.5. The van der Waals surface area contributed by atoms with Crippen molar-refractivity contribution in [2.24, 2.45) is 17.8 Å². The number of rotatable bonds is 7. The first-order valence-corrected chi connectivity index (χ1v) is 10.1. The highest BCUT2D eigenvalue weighted by Crippen LogP contribution is 2.31. The number of hydrogen-bond acceptors (Lipinski definition) is 2. The van der Waals surface area contributed by atoms with Crippen molar-refractivity contribution in [1.82, 2.24) is 5.32 Å². The zero-order valence-corrected chi connectivity index (χ0v) is 16.7. The molecule has 2 N–H and O–H groups in total. The Bertz CT molecular complexity index is 617. The molecule has 0 bridgehead atoms. The maximum Gasteiger partial charge on any atom is 0.227 e. The summed E-state index contributed by atoms with van der Waals surface area (Å²) in [6.07, 6.45) is 5.11. The quantitative estimate of drug-likeness (QED) is 0.756. The van der Waals surface area contributed by atoms with Crippen molar-refractivity contribution >= 4 is 17.5 Å². The molecule has 1 aliphatic carbocycles. The minimum Gasteiger partial charge on any atom is -0.356 e. The predicted octanol–water partition coefficient (Wildman–Crippen LogP) is 4.46. The largest absolute Gasteiger partial charge is 0.356 e. The van der Waals surface area contributed by atoms with Crippen molar-refractivity contribution in [2.75, 3.05) is 11.9 Å². The highest BCUT2D eigenvalue weighted by molar-refractivity contribution is 5.94. The van der Waals surface area contributed by atoms with Crippen LogP contribution < -0.4 is 10.6 Å². The Morgan fingerprint density at radius 1 is 1.08 bits per heavy atom. The van der Waals surface area contributed by atoms with E-state index in [-0.39, 0.29) is 23.7 Å². The van der Waals surface area contributed by atoms with Crippen LogP contribution in [-0.4, -0.2) is 18.4 Å². The second-order valence-electron chi connectivity index (χ2n) is 7.97. The third kappa shape index (κ3) is 5.58. The third-order valence-electron chi connectivity index (χ3n) is 5.48. The van der Waals surface area contributed by atoms with E-state index in [0.29, 0.717) is 5.92 Å². The monoisotopic (exact) mass is 358 g/mol. The van der Waals surface area contributed by atoms with Gasteiger partial charge in [0.2, 0.25) is 11.8 Å². The van der Waals surface area contributed by atoms with Crippen LogP contribution in [0.1, 0.15) is 64.0 Å².